The Morgan fingerprint density at radius 1 is 1.36 bits per heavy atom. The number of carbonyl (C=O) groups is 1. The lowest BCUT2D eigenvalue weighted by atomic mass is 10.0. The predicted octanol–water partition coefficient (Wildman–Crippen LogP) is 1.76. The van der Waals surface area contributed by atoms with Crippen LogP contribution in [0.25, 0.3) is 0 Å². The normalized spacial score (nSPS) is 18.3. The number of nitrogens with one attached hydrogen (secondary N) is 1. The molecule has 0 radical (unpaired) electrons. The molecule has 1 N–H and O–H groups in total. The largest absolute Gasteiger partial charge is 0.495 e. The fourth-order valence-corrected chi connectivity index (χ4v) is 3.87. The van der Waals surface area contributed by atoms with E-state index in [4.69, 9.17) is 4.74 Å². The minimum atomic E-state index is -3.55. The van der Waals surface area contributed by atoms with Gasteiger partial charge in [0.1, 0.15) is 5.75 Å². The fourth-order valence-electron chi connectivity index (χ4n) is 2.94. The summed E-state index contributed by atoms with van der Waals surface area (Å²) in [5.41, 5.74) is 0.489. The highest BCUT2D eigenvalue weighted by Crippen LogP contribution is 2.28. The first kappa shape index (κ1) is 19.5. The molecule has 1 heterocycles. The topological polar surface area (TPSA) is 79.0 Å². The van der Waals surface area contributed by atoms with E-state index in [-0.39, 0.29) is 23.4 Å². The van der Waals surface area contributed by atoms with Crippen LogP contribution in [0.15, 0.2) is 23.1 Å². The Kier molecular flexibility index (Phi) is 6.29. The van der Waals surface area contributed by atoms with Gasteiger partial charge in [0.2, 0.25) is 15.9 Å². The molecule has 1 atom stereocenters. The average molecular weight is 369 g/mol. The number of benzene rings is 1. The van der Waals surface area contributed by atoms with Gasteiger partial charge in [0, 0.05) is 26.7 Å². The summed E-state index contributed by atoms with van der Waals surface area (Å²) >= 11 is 0. The molecule has 1 aromatic rings. The second-order valence-electron chi connectivity index (χ2n) is 6.44. The van der Waals surface area contributed by atoms with Crippen LogP contribution in [0.1, 0.15) is 26.2 Å². The van der Waals surface area contributed by atoms with Crippen molar-refractivity contribution in [3.63, 3.8) is 0 Å². The van der Waals surface area contributed by atoms with Gasteiger partial charge in [-0.05, 0) is 44.4 Å². The number of nitrogens with zero attached hydrogens (tertiary/aromatic N) is 2. The lowest BCUT2D eigenvalue weighted by Crippen LogP contribution is -2.44. The van der Waals surface area contributed by atoms with Gasteiger partial charge in [-0.1, -0.05) is 0 Å². The van der Waals surface area contributed by atoms with Gasteiger partial charge in [-0.2, -0.15) is 0 Å². The maximum atomic E-state index is 12.5. The molecule has 0 bridgehead atoms. The lowest BCUT2D eigenvalue weighted by Gasteiger charge is -2.33. The minimum Gasteiger partial charge on any atom is -0.495 e. The molecule has 1 amide bonds. The molecule has 1 unspecified atom stereocenters. The predicted molar refractivity (Wildman–Crippen MR) is 97.4 cm³/mol. The van der Waals surface area contributed by atoms with Crippen molar-refractivity contribution in [3.05, 3.63) is 18.2 Å². The van der Waals surface area contributed by atoms with Gasteiger partial charge >= 0.3 is 0 Å². The summed E-state index contributed by atoms with van der Waals surface area (Å²) in [5.74, 6) is 0.507. The number of anilines is 1. The number of piperidine rings is 1. The van der Waals surface area contributed by atoms with Crippen LogP contribution in [0.4, 0.5) is 5.69 Å². The van der Waals surface area contributed by atoms with Gasteiger partial charge in [0.05, 0.1) is 24.2 Å². The molecule has 0 spiro atoms. The molecule has 0 aliphatic carbocycles. The second kappa shape index (κ2) is 8.05. The summed E-state index contributed by atoms with van der Waals surface area (Å²) in [4.78, 5) is 14.5. The van der Waals surface area contributed by atoms with Crippen molar-refractivity contribution >= 4 is 21.6 Å². The van der Waals surface area contributed by atoms with E-state index in [1.807, 2.05) is 4.90 Å². The highest BCUT2D eigenvalue weighted by molar-refractivity contribution is 7.89. The molecule has 1 aliphatic heterocycles. The third-order valence-corrected chi connectivity index (χ3v) is 6.31. The van der Waals surface area contributed by atoms with E-state index in [0.717, 1.165) is 30.1 Å². The Hall–Kier alpha value is -1.80. The molecule has 0 aromatic heterocycles. The maximum absolute atomic E-state index is 12.5. The van der Waals surface area contributed by atoms with Gasteiger partial charge < -0.3 is 15.0 Å². The van der Waals surface area contributed by atoms with Crippen LogP contribution in [0.3, 0.4) is 0 Å². The monoisotopic (exact) mass is 369 g/mol. The molecule has 8 heteroatoms. The Bertz CT molecular complexity index is 719. The van der Waals surface area contributed by atoms with Crippen LogP contribution >= 0.6 is 0 Å². The third-order valence-electron chi connectivity index (χ3n) is 4.50. The van der Waals surface area contributed by atoms with Crippen molar-refractivity contribution in [1.82, 2.24) is 9.21 Å². The number of amides is 1. The van der Waals surface area contributed by atoms with Gasteiger partial charge in [-0.25, -0.2) is 12.7 Å². The van der Waals surface area contributed by atoms with E-state index in [2.05, 4.69) is 12.2 Å². The molecule has 140 valence electrons. The number of ether oxygens (including phenoxy) is 1. The molecule has 25 heavy (non-hydrogen) atoms. The summed E-state index contributed by atoms with van der Waals surface area (Å²) in [5, 5.41) is 3.03. The standard InChI is InChI=1S/C17H27N3O4S/c1-13-7-5-6-10-20(13)17(21)12-18-15-11-14(8-9-16(15)24-4)25(22,23)19(2)3/h8-9,11,13,18H,5-7,10,12H2,1-4H3. The number of carbonyl (C=O) groups excluding carboxylic acids is 1. The van der Waals surface area contributed by atoms with Crippen molar-refractivity contribution in [1.29, 1.82) is 0 Å². The van der Waals surface area contributed by atoms with Crippen LogP contribution in [-0.2, 0) is 14.8 Å². The molecule has 1 fully saturated rings. The number of likely N-dealkylation sites (tertiary alicyclic amines) is 1. The van der Waals surface area contributed by atoms with Crippen molar-refractivity contribution in [2.45, 2.75) is 37.1 Å². The summed E-state index contributed by atoms with van der Waals surface area (Å²) in [6.07, 6.45) is 3.19. The van der Waals surface area contributed by atoms with E-state index < -0.39 is 10.0 Å². The first-order chi connectivity index (χ1) is 11.8. The Balaban J connectivity index is 2.16. The van der Waals surface area contributed by atoms with E-state index in [0.29, 0.717) is 11.4 Å². The van der Waals surface area contributed by atoms with Crippen LogP contribution in [0.2, 0.25) is 0 Å². The number of hydrogen-bond acceptors (Lipinski definition) is 5. The van der Waals surface area contributed by atoms with Crippen molar-refractivity contribution < 1.29 is 17.9 Å². The quantitative estimate of drug-likeness (QED) is 0.827. The Morgan fingerprint density at radius 3 is 2.68 bits per heavy atom. The zero-order valence-electron chi connectivity index (χ0n) is 15.3. The molecule has 7 nitrogen and oxygen atoms in total. The number of rotatable bonds is 6. The van der Waals surface area contributed by atoms with Gasteiger partial charge in [0.15, 0.2) is 0 Å². The highest BCUT2D eigenvalue weighted by atomic mass is 32.2. The van der Waals surface area contributed by atoms with Crippen LogP contribution in [0.5, 0.6) is 5.75 Å². The third kappa shape index (κ3) is 4.43. The maximum Gasteiger partial charge on any atom is 0.242 e. The number of hydrogen-bond donors (Lipinski definition) is 1. The average Bonchev–Trinajstić information content (AvgIpc) is 2.59. The van der Waals surface area contributed by atoms with Crippen LogP contribution in [-0.4, -0.2) is 63.9 Å². The Morgan fingerprint density at radius 2 is 2.08 bits per heavy atom. The lowest BCUT2D eigenvalue weighted by molar-refractivity contribution is -0.132. The van der Waals surface area contributed by atoms with Gasteiger partial charge in [-0.3, -0.25) is 4.79 Å². The smallest absolute Gasteiger partial charge is 0.242 e. The first-order valence-electron chi connectivity index (χ1n) is 8.41. The van der Waals surface area contributed by atoms with Crippen molar-refractivity contribution in [2.24, 2.45) is 0 Å². The molecular weight excluding hydrogens is 342 g/mol. The summed E-state index contributed by atoms with van der Waals surface area (Å²) in [6.45, 7) is 2.93. The van der Waals surface area contributed by atoms with Gasteiger partial charge in [-0.15, -0.1) is 0 Å². The summed E-state index contributed by atoms with van der Waals surface area (Å²) in [7, 11) is 0.920. The first-order valence-corrected chi connectivity index (χ1v) is 9.85. The molecule has 2 rings (SSSR count). The molecule has 1 aliphatic rings. The molecule has 1 saturated heterocycles. The zero-order chi connectivity index (χ0) is 18.6. The fraction of sp³-hybridized carbons (Fsp3) is 0.588. The van der Waals surface area contributed by atoms with Crippen molar-refractivity contribution in [3.8, 4) is 5.75 Å². The van der Waals surface area contributed by atoms with E-state index in [9.17, 15) is 13.2 Å². The Labute approximate surface area is 150 Å². The van der Waals surface area contributed by atoms with E-state index in [1.54, 1.807) is 6.07 Å². The molecule has 0 saturated carbocycles. The van der Waals surface area contributed by atoms with Crippen molar-refractivity contribution in [2.75, 3.05) is 39.6 Å². The van der Waals surface area contributed by atoms with E-state index in [1.165, 1.54) is 33.3 Å². The second-order valence-corrected chi connectivity index (χ2v) is 8.59. The van der Waals surface area contributed by atoms with Gasteiger partial charge in [0.25, 0.3) is 0 Å². The number of sulfonamides is 1. The highest BCUT2D eigenvalue weighted by Gasteiger charge is 2.23. The van der Waals surface area contributed by atoms with Crippen LogP contribution < -0.4 is 10.1 Å². The minimum absolute atomic E-state index is 0.00937. The van der Waals surface area contributed by atoms with Crippen LogP contribution in [0, 0.1) is 0 Å². The van der Waals surface area contributed by atoms with E-state index >= 15 is 0 Å². The summed E-state index contributed by atoms with van der Waals surface area (Å²) < 4.78 is 31.0. The zero-order valence-corrected chi connectivity index (χ0v) is 16.1. The number of methoxy groups -OCH3 is 1. The summed E-state index contributed by atoms with van der Waals surface area (Å²) in [6, 6.07) is 4.83. The molecule has 1 aromatic carbocycles. The SMILES string of the molecule is COc1ccc(S(=O)(=O)N(C)C)cc1NCC(=O)N1CCCCC1C. The molecular formula is C17H27N3O4S.